The maximum Gasteiger partial charge on any atom is 0.311 e. The van der Waals surface area contributed by atoms with Crippen molar-refractivity contribution in [3.63, 3.8) is 0 Å². The van der Waals surface area contributed by atoms with Crippen molar-refractivity contribution in [1.82, 2.24) is 0 Å². The summed E-state index contributed by atoms with van der Waals surface area (Å²) in [6.07, 6.45) is 2.56. The first kappa shape index (κ1) is 23.2. The van der Waals surface area contributed by atoms with E-state index in [0.717, 1.165) is 53.7 Å². The number of hydrogen-bond acceptors (Lipinski definition) is 6. The third kappa shape index (κ3) is 4.74. The van der Waals surface area contributed by atoms with E-state index in [1.807, 2.05) is 12.1 Å². The molecule has 0 amide bonds. The molecule has 1 unspecified atom stereocenters. The minimum atomic E-state index is -1.18. The molecular formula is C26H31NO6. The summed E-state index contributed by atoms with van der Waals surface area (Å²) in [6.45, 7) is 7.32. The smallest absolute Gasteiger partial charge is 0.311 e. The molecule has 0 spiro atoms. The van der Waals surface area contributed by atoms with E-state index in [1.165, 1.54) is 0 Å². The molecule has 0 radical (unpaired) electrons. The highest BCUT2D eigenvalue weighted by Crippen LogP contribution is 2.50. The second-order valence-electron chi connectivity index (χ2n) is 10.1. The number of aryl methyl sites for hydroxylation is 1. The Morgan fingerprint density at radius 3 is 2.67 bits per heavy atom. The molecule has 1 saturated carbocycles. The Kier molecular flexibility index (Phi) is 6.18. The third-order valence-corrected chi connectivity index (χ3v) is 6.37. The first-order chi connectivity index (χ1) is 15.6. The number of nitro benzene ring substituents is 1. The summed E-state index contributed by atoms with van der Waals surface area (Å²) in [5.74, 6) is 0.645. The SMILES string of the molecule is Cc1c([N+](=O)[O-])cc(C2CC2)c(-c2ccc3c(c2)CCCO3)c1C(O)COC(=O)C(C)(C)C. The van der Waals surface area contributed by atoms with Gasteiger partial charge in [-0.25, -0.2) is 0 Å². The van der Waals surface area contributed by atoms with Crippen molar-refractivity contribution in [2.45, 2.75) is 65.4 Å². The average Bonchev–Trinajstić information content (AvgIpc) is 3.61. The zero-order valence-corrected chi connectivity index (χ0v) is 19.6. The zero-order valence-electron chi connectivity index (χ0n) is 19.6. The number of nitro groups is 1. The Labute approximate surface area is 193 Å². The summed E-state index contributed by atoms with van der Waals surface area (Å²) in [4.78, 5) is 23.8. The number of carbonyl (C=O) groups excluding carboxylic acids is 1. The Morgan fingerprint density at radius 2 is 2.03 bits per heavy atom. The second kappa shape index (κ2) is 8.78. The second-order valence-corrected chi connectivity index (χ2v) is 10.1. The van der Waals surface area contributed by atoms with Crippen LogP contribution in [0.1, 0.15) is 74.3 Å². The molecule has 4 rings (SSSR count). The van der Waals surface area contributed by atoms with Crippen LogP contribution < -0.4 is 4.74 Å². The van der Waals surface area contributed by atoms with Crippen LogP contribution in [-0.4, -0.2) is 29.2 Å². The van der Waals surface area contributed by atoms with E-state index >= 15 is 0 Å². The van der Waals surface area contributed by atoms with Gasteiger partial charge in [-0.2, -0.15) is 0 Å². The number of aliphatic hydroxyl groups excluding tert-OH is 1. The van der Waals surface area contributed by atoms with E-state index in [1.54, 1.807) is 33.8 Å². The maximum absolute atomic E-state index is 12.3. The van der Waals surface area contributed by atoms with E-state index in [9.17, 15) is 20.0 Å². The number of esters is 1. The molecule has 1 atom stereocenters. The van der Waals surface area contributed by atoms with Gasteiger partial charge >= 0.3 is 5.97 Å². The molecule has 0 bridgehead atoms. The predicted octanol–water partition coefficient (Wildman–Crippen LogP) is 5.40. The van der Waals surface area contributed by atoms with Gasteiger partial charge < -0.3 is 14.6 Å². The van der Waals surface area contributed by atoms with Gasteiger partial charge in [0.2, 0.25) is 0 Å². The van der Waals surface area contributed by atoms with Gasteiger partial charge in [0.25, 0.3) is 5.69 Å². The number of benzene rings is 2. The molecule has 176 valence electrons. The molecular weight excluding hydrogens is 422 g/mol. The van der Waals surface area contributed by atoms with E-state index in [4.69, 9.17) is 9.47 Å². The lowest BCUT2D eigenvalue weighted by Crippen LogP contribution is -2.25. The van der Waals surface area contributed by atoms with Gasteiger partial charge in [-0.05, 0) is 93.7 Å². The summed E-state index contributed by atoms with van der Waals surface area (Å²) >= 11 is 0. The molecule has 1 heterocycles. The van der Waals surface area contributed by atoms with Gasteiger partial charge in [-0.3, -0.25) is 14.9 Å². The van der Waals surface area contributed by atoms with Gasteiger partial charge in [-0.15, -0.1) is 0 Å². The van der Waals surface area contributed by atoms with Crippen LogP contribution >= 0.6 is 0 Å². The van der Waals surface area contributed by atoms with Crippen molar-refractivity contribution in [2.75, 3.05) is 13.2 Å². The first-order valence-corrected chi connectivity index (χ1v) is 11.5. The van der Waals surface area contributed by atoms with E-state index in [0.29, 0.717) is 17.7 Å². The lowest BCUT2D eigenvalue weighted by Gasteiger charge is -2.24. The normalized spacial score (nSPS) is 16.5. The molecule has 7 nitrogen and oxygen atoms in total. The lowest BCUT2D eigenvalue weighted by atomic mass is 9.85. The maximum atomic E-state index is 12.3. The highest BCUT2D eigenvalue weighted by molar-refractivity contribution is 5.78. The fourth-order valence-corrected chi connectivity index (χ4v) is 4.42. The van der Waals surface area contributed by atoms with E-state index in [-0.39, 0.29) is 18.2 Å². The number of hydrogen-bond donors (Lipinski definition) is 1. The molecule has 33 heavy (non-hydrogen) atoms. The Morgan fingerprint density at radius 1 is 1.30 bits per heavy atom. The van der Waals surface area contributed by atoms with Crippen LogP contribution in [0.15, 0.2) is 24.3 Å². The van der Waals surface area contributed by atoms with Crippen LogP contribution in [0, 0.1) is 22.5 Å². The van der Waals surface area contributed by atoms with Crippen molar-refractivity contribution in [2.24, 2.45) is 5.41 Å². The average molecular weight is 454 g/mol. The standard InChI is InChI=1S/C26H31NO6/c1-15-20(27(30)31)13-19(16-7-8-16)24(18-9-10-22-17(12-18)6-5-11-32-22)23(15)21(28)14-33-25(29)26(2,3)4/h9-10,12-13,16,21,28H,5-8,11,14H2,1-4H3. The van der Waals surface area contributed by atoms with Crippen LogP contribution in [0.25, 0.3) is 11.1 Å². The van der Waals surface area contributed by atoms with Crippen molar-refractivity contribution < 1.29 is 24.3 Å². The molecule has 1 aliphatic heterocycles. The monoisotopic (exact) mass is 453 g/mol. The number of ether oxygens (including phenoxy) is 2. The van der Waals surface area contributed by atoms with Crippen molar-refractivity contribution >= 4 is 11.7 Å². The zero-order chi connectivity index (χ0) is 23.9. The van der Waals surface area contributed by atoms with Gasteiger partial charge in [0, 0.05) is 17.2 Å². The summed E-state index contributed by atoms with van der Waals surface area (Å²) in [7, 11) is 0. The minimum Gasteiger partial charge on any atom is -0.493 e. The summed E-state index contributed by atoms with van der Waals surface area (Å²) < 4.78 is 11.2. The minimum absolute atomic E-state index is 0.0156. The van der Waals surface area contributed by atoms with Crippen LogP contribution in [-0.2, 0) is 16.0 Å². The van der Waals surface area contributed by atoms with Gasteiger partial charge in [0.05, 0.1) is 16.9 Å². The van der Waals surface area contributed by atoms with Crippen LogP contribution in [0.3, 0.4) is 0 Å². The molecule has 0 aromatic heterocycles. The highest BCUT2D eigenvalue weighted by atomic mass is 16.6. The fourth-order valence-electron chi connectivity index (χ4n) is 4.42. The molecule has 2 aromatic rings. The van der Waals surface area contributed by atoms with Crippen molar-refractivity contribution in [3.05, 3.63) is 56.6 Å². The largest absolute Gasteiger partial charge is 0.493 e. The molecule has 1 aliphatic carbocycles. The van der Waals surface area contributed by atoms with Crippen molar-refractivity contribution in [3.8, 4) is 16.9 Å². The fraction of sp³-hybridized carbons (Fsp3) is 0.500. The number of rotatable bonds is 6. The van der Waals surface area contributed by atoms with Crippen LogP contribution in [0.5, 0.6) is 5.75 Å². The summed E-state index contributed by atoms with van der Waals surface area (Å²) in [5, 5.41) is 23.1. The molecule has 1 fully saturated rings. The number of carbonyl (C=O) groups is 1. The summed E-state index contributed by atoms with van der Waals surface area (Å²) in [6, 6.07) is 7.62. The molecule has 7 heteroatoms. The Balaban J connectivity index is 1.84. The predicted molar refractivity (Wildman–Crippen MR) is 124 cm³/mol. The quantitative estimate of drug-likeness (QED) is 0.357. The molecule has 0 saturated heterocycles. The number of nitrogens with zero attached hydrogens (tertiary/aromatic N) is 1. The van der Waals surface area contributed by atoms with E-state index < -0.39 is 22.4 Å². The van der Waals surface area contributed by atoms with Crippen LogP contribution in [0.2, 0.25) is 0 Å². The number of aliphatic hydroxyl groups is 1. The number of fused-ring (bicyclic) bond motifs is 1. The topological polar surface area (TPSA) is 98.9 Å². The van der Waals surface area contributed by atoms with Crippen molar-refractivity contribution in [1.29, 1.82) is 0 Å². The lowest BCUT2D eigenvalue weighted by molar-refractivity contribution is -0.385. The Bertz CT molecular complexity index is 1100. The molecule has 2 aliphatic rings. The van der Waals surface area contributed by atoms with Gasteiger partial charge in [-0.1, -0.05) is 6.07 Å². The van der Waals surface area contributed by atoms with Gasteiger partial charge in [0.15, 0.2) is 0 Å². The van der Waals surface area contributed by atoms with Gasteiger partial charge in [0.1, 0.15) is 18.5 Å². The molecule has 2 aromatic carbocycles. The van der Waals surface area contributed by atoms with E-state index in [2.05, 4.69) is 6.07 Å². The molecule has 1 N–H and O–H groups in total. The summed E-state index contributed by atoms with van der Waals surface area (Å²) in [5.41, 5.74) is 3.81. The van der Waals surface area contributed by atoms with Crippen LogP contribution in [0.4, 0.5) is 5.69 Å². The first-order valence-electron chi connectivity index (χ1n) is 11.5. The third-order valence-electron chi connectivity index (χ3n) is 6.37. The Hall–Kier alpha value is -2.93. The highest BCUT2D eigenvalue weighted by Gasteiger charge is 2.35.